The van der Waals surface area contributed by atoms with E-state index in [0.717, 1.165) is 37.7 Å². The summed E-state index contributed by atoms with van der Waals surface area (Å²) in [5.41, 5.74) is 2.13. The molecule has 1 saturated carbocycles. The SMILES string of the molecule is CCNC1(CO)CCCC(n2cnc3ccccc32)C1. The van der Waals surface area contributed by atoms with Gasteiger partial charge in [-0.05, 0) is 44.4 Å². The first-order valence-electron chi connectivity index (χ1n) is 7.55. The smallest absolute Gasteiger partial charge is 0.0960 e. The van der Waals surface area contributed by atoms with Crippen molar-refractivity contribution in [1.29, 1.82) is 0 Å². The van der Waals surface area contributed by atoms with Crippen LogP contribution in [0, 0.1) is 0 Å². The highest BCUT2D eigenvalue weighted by molar-refractivity contribution is 5.75. The minimum Gasteiger partial charge on any atom is -0.394 e. The monoisotopic (exact) mass is 273 g/mol. The maximum Gasteiger partial charge on any atom is 0.0960 e. The molecule has 4 heteroatoms. The van der Waals surface area contributed by atoms with E-state index in [1.54, 1.807) is 0 Å². The molecule has 0 bridgehead atoms. The highest BCUT2D eigenvalue weighted by atomic mass is 16.3. The molecule has 1 aliphatic rings. The van der Waals surface area contributed by atoms with Gasteiger partial charge in [-0.1, -0.05) is 19.1 Å². The van der Waals surface area contributed by atoms with Crippen LogP contribution in [0.25, 0.3) is 11.0 Å². The largest absolute Gasteiger partial charge is 0.394 e. The summed E-state index contributed by atoms with van der Waals surface area (Å²) in [5.74, 6) is 0. The van der Waals surface area contributed by atoms with Crippen LogP contribution in [0.2, 0.25) is 0 Å². The van der Waals surface area contributed by atoms with Crippen LogP contribution in [-0.4, -0.2) is 33.3 Å². The number of aliphatic hydroxyl groups is 1. The van der Waals surface area contributed by atoms with Gasteiger partial charge in [-0.15, -0.1) is 0 Å². The third kappa shape index (κ3) is 2.34. The zero-order valence-electron chi connectivity index (χ0n) is 12.0. The molecule has 1 aromatic carbocycles. The molecular weight excluding hydrogens is 250 g/mol. The van der Waals surface area contributed by atoms with Crippen LogP contribution >= 0.6 is 0 Å². The van der Waals surface area contributed by atoms with Crippen molar-refractivity contribution in [2.45, 2.75) is 44.2 Å². The Morgan fingerprint density at radius 2 is 2.30 bits per heavy atom. The van der Waals surface area contributed by atoms with Crippen LogP contribution in [0.5, 0.6) is 0 Å². The molecule has 1 fully saturated rings. The highest BCUT2D eigenvalue weighted by Crippen LogP contribution is 2.36. The number of hydrogen-bond acceptors (Lipinski definition) is 3. The van der Waals surface area contributed by atoms with Crippen molar-refractivity contribution in [3.63, 3.8) is 0 Å². The molecule has 2 unspecified atom stereocenters. The van der Waals surface area contributed by atoms with Crippen molar-refractivity contribution in [3.8, 4) is 0 Å². The van der Waals surface area contributed by atoms with Gasteiger partial charge < -0.3 is 15.0 Å². The second-order valence-corrected chi connectivity index (χ2v) is 5.86. The Morgan fingerprint density at radius 1 is 1.45 bits per heavy atom. The molecule has 0 radical (unpaired) electrons. The lowest BCUT2D eigenvalue weighted by atomic mass is 9.79. The number of benzene rings is 1. The number of likely N-dealkylation sites (N-methyl/N-ethyl adjacent to an activating group) is 1. The van der Waals surface area contributed by atoms with Gasteiger partial charge in [0.05, 0.1) is 24.0 Å². The molecule has 2 aromatic rings. The first kappa shape index (κ1) is 13.6. The van der Waals surface area contributed by atoms with Crippen molar-refractivity contribution in [3.05, 3.63) is 30.6 Å². The molecule has 108 valence electrons. The highest BCUT2D eigenvalue weighted by Gasteiger charge is 2.36. The molecule has 0 saturated heterocycles. The van der Waals surface area contributed by atoms with Gasteiger partial charge in [-0.3, -0.25) is 0 Å². The van der Waals surface area contributed by atoms with E-state index in [-0.39, 0.29) is 12.1 Å². The predicted octanol–water partition coefficient (Wildman–Crippen LogP) is 2.49. The Morgan fingerprint density at radius 3 is 3.10 bits per heavy atom. The third-order valence-corrected chi connectivity index (χ3v) is 4.55. The first-order valence-corrected chi connectivity index (χ1v) is 7.55. The maximum atomic E-state index is 9.81. The molecule has 2 N–H and O–H groups in total. The minimum absolute atomic E-state index is 0.122. The summed E-state index contributed by atoms with van der Waals surface area (Å²) >= 11 is 0. The van der Waals surface area contributed by atoms with Crippen LogP contribution in [0.1, 0.15) is 38.6 Å². The number of para-hydroxylation sites is 2. The molecule has 20 heavy (non-hydrogen) atoms. The Kier molecular flexibility index (Phi) is 3.76. The van der Waals surface area contributed by atoms with E-state index in [4.69, 9.17) is 0 Å². The molecule has 0 spiro atoms. The zero-order valence-corrected chi connectivity index (χ0v) is 12.0. The van der Waals surface area contributed by atoms with Gasteiger partial charge in [0.2, 0.25) is 0 Å². The van der Waals surface area contributed by atoms with Crippen molar-refractivity contribution < 1.29 is 5.11 Å². The average molecular weight is 273 g/mol. The maximum absolute atomic E-state index is 9.81. The molecule has 1 aromatic heterocycles. The van der Waals surface area contributed by atoms with E-state index in [0.29, 0.717) is 6.04 Å². The number of aromatic nitrogens is 2. The van der Waals surface area contributed by atoms with E-state index in [1.807, 2.05) is 12.4 Å². The number of nitrogens with one attached hydrogen (secondary N) is 1. The van der Waals surface area contributed by atoms with Crippen LogP contribution in [0.15, 0.2) is 30.6 Å². The lowest BCUT2D eigenvalue weighted by molar-refractivity contribution is 0.100. The molecule has 0 aliphatic heterocycles. The molecule has 4 nitrogen and oxygen atoms in total. The molecule has 2 atom stereocenters. The quantitative estimate of drug-likeness (QED) is 0.900. The number of hydrogen-bond donors (Lipinski definition) is 2. The van der Waals surface area contributed by atoms with Gasteiger partial charge in [0.1, 0.15) is 0 Å². The van der Waals surface area contributed by atoms with E-state index in [9.17, 15) is 5.11 Å². The van der Waals surface area contributed by atoms with E-state index < -0.39 is 0 Å². The summed E-state index contributed by atoms with van der Waals surface area (Å²) < 4.78 is 2.29. The second-order valence-electron chi connectivity index (χ2n) is 5.86. The molecular formula is C16H23N3O. The average Bonchev–Trinajstić information content (AvgIpc) is 2.92. The van der Waals surface area contributed by atoms with Crippen molar-refractivity contribution in [1.82, 2.24) is 14.9 Å². The molecule has 0 amide bonds. The van der Waals surface area contributed by atoms with Crippen LogP contribution in [0.3, 0.4) is 0 Å². The Bertz CT molecular complexity index is 576. The predicted molar refractivity (Wildman–Crippen MR) is 80.7 cm³/mol. The summed E-state index contributed by atoms with van der Waals surface area (Å²) in [6, 6.07) is 8.69. The fourth-order valence-electron chi connectivity index (χ4n) is 3.57. The first-order chi connectivity index (χ1) is 9.78. The number of rotatable bonds is 4. The standard InChI is InChI=1S/C16H23N3O/c1-2-18-16(11-20)9-5-6-13(10-16)19-12-17-14-7-3-4-8-15(14)19/h3-4,7-8,12-13,18,20H,2,5-6,9-11H2,1H3. The zero-order chi connectivity index (χ0) is 14.0. The summed E-state index contributed by atoms with van der Waals surface area (Å²) in [4.78, 5) is 4.49. The summed E-state index contributed by atoms with van der Waals surface area (Å²) in [5, 5.41) is 13.3. The Labute approximate surface area is 119 Å². The number of imidazole rings is 1. The van der Waals surface area contributed by atoms with Gasteiger partial charge >= 0.3 is 0 Å². The summed E-state index contributed by atoms with van der Waals surface area (Å²) in [7, 11) is 0. The Hall–Kier alpha value is -1.39. The fourth-order valence-corrected chi connectivity index (χ4v) is 3.57. The summed E-state index contributed by atoms with van der Waals surface area (Å²) in [6.45, 7) is 3.22. The topological polar surface area (TPSA) is 50.1 Å². The fraction of sp³-hybridized carbons (Fsp3) is 0.562. The van der Waals surface area contributed by atoms with Crippen LogP contribution in [0.4, 0.5) is 0 Å². The molecule has 3 rings (SSSR count). The normalized spacial score (nSPS) is 27.0. The molecule has 1 heterocycles. The lowest BCUT2D eigenvalue weighted by Crippen LogP contribution is -2.51. The van der Waals surface area contributed by atoms with E-state index >= 15 is 0 Å². The minimum atomic E-state index is -0.122. The number of aliphatic hydroxyl groups excluding tert-OH is 1. The van der Waals surface area contributed by atoms with Crippen molar-refractivity contribution in [2.75, 3.05) is 13.2 Å². The third-order valence-electron chi connectivity index (χ3n) is 4.55. The van der Waals surface area contributed by atoms with Gasteiger partial charge in [-0.2, -0.15) is 0 Å². The van der Waals surface area contributed by atoms with Gasteiger partial charge in [0.15, 0.2) is 0 Å². The second kappa shape index (κ2) is 5.54. The van der Waals surface area contributed by atoms with E-state index in [1.165, 1.54) is 5.52 Å². The van der Waals surface area contributed by atoms with Crippen molar-refractivity contribution in [2.24, 2.45) is 0 Å². The van der Waals surface area contributed by atoms with Crippen LogP contribution in [-0.2, 0) is 0 Å². The van der Waals surface area contributed by atoms with E-state index in [2.05, 4.69) is 40.0 Å². The van der Waals surface area contributed by atoms with Crippen LogP contribution < -0.4 is 5.32 Å². The van der Waals surface area contributed by atoms with Gasteiger partial charge in [0.25, 0.3) is 0 Å². The van der Waals surface area contributed by atoms with Gasteiger partial charge in [0, 0.05) is 11.6 Å². The number of fused-ring (bicyclic) bond motifs is 1. The van der Waals surface area contributed by atoms with Crippen molar-refractivity contribution >= 4 is 11.0 Å². The lowest BCUT2D eigenvalue weighted by Gasteiger charge is -2.41. The summed E-state index contributed by atoms with van der Waals surface area (Å²) in [6.07, 6.45) is 6.28. The Balaban J connectivity index is 1.90. The number of nitrogens with zero attached hydrogens (tertiary/aromatic N) is 2. The molecule has 1 aliphatic carbocycles. The van der Waals surface area contributed by atoms with Gasteiger partial charge in [-0.25, -0.2) is 4.98 Å².